The van der Waals surface area contributed by atoms with Crippen molar-refractivity contribution in [1.29, 1.82) is 0 Å². The molecule has 2 aromatic heterocycles. The summed E-state index contributed by atoms with van der Waals surface area (Å²) in [6.45, 7) is 3.82. The first-order valence-electron chi connectivity index (χ1n) is 9.56. The number of ether oxygens (including phenoxy) is 1. The van der Waals surface area contributed by atoms with Gasteiger partial charge in [0.1, 0.15) is 6.61 Å². The highest BCUT2D eigenvalue weighted by Gasteiger charge is 2.43. The smallest absolute Gasteiger partial charge is 0.475 e. The molecule has 0 saturated carbocycles. The number of nitrogens with zero attached hydrogens (tertiary/aromatic N) is 4. The molecule has 4 heterocycles. The number of carboxylic acids is 1. The second kappa shape index (κ2) is 9.37. The van der Waals surface area contributed by atoms with Crippen LogP contribution in [0.2, 0.25) is 0 Å². The van der Waals surface area contributed by atoms with Crippen molar-refractivity contribution in [2.45, 2.75) is 31.2 Å². The molecule has 1 spiro atoms. The van der Waals surface area contributed by atoms with Crippen LogP contribution in [0.5, 0.6) is 0 Å². The molecule has 2 saturated heterocycles. The van der Waals surface area contributed by atoms with E-state index in [2.05, 4.69) is 27.5 Å². The largest absolute Gasteiger partial charge is 0.490 e. The maximum atomic E-state index is 12.3. The zero-order valence-corrected chi connectivity index (χ0v) is 17.7. The van der Waals surface area contributed by atoms with E-state index in [1.807, 2.05) is 29.5 Å². The van der Waals surface area contributed by atoms with Crippen molar-refractivity contribution in [3.63, 3.8) is 0 Å². The molecule has 12 heteroatoms. The highest BCUT2D eigenvalue weighted by Crippen LogP contribution is 2.33. The molecule has 4 rings (SSSR count). The van der Waals surface area contributed by atoms with Gasteiger partial charge < -0.3 is 14.7 Å². The molecule has 0 bridgehead atoms. The number of morpholine rings is 1. The lowest BCUT2D eigenvalue weighted by Crippen LogP contribution is -2.58. The van der Waals surface area contributed by atoms with Crippen molar-refractivity contribution >= 4 is 28.9 Å². The third-order valence-corrected chi connectivity index (χ3v) is 6.08. The lowest BCUT2D eigenvalue weighted by atomic mass is 9.89. The molecule has 31 heavy (non-hydrogen) atoms. The zero-order chi connectivity index (χ0) is 22.6. The molecule has 0 aromatic carbocycles. The number of aryl methyl sites for hydroxylation is 1. The molecular formula is C19H23F3N4O4S. The molecule has 0 atom stereocenters. The first kappa shape index (κ1) is 23.2. The second-order valence-electron chi connectivity index (χ2n) is 7.48. The van der Waals surface area contributed by atoms with Crippen molar-refractivity contribution in [2.75, 3.05) is 31.1 Å². The van der Waals surface area contributed by atoms with Gasteiger partial charge in [-0.3, -0.25) is 14.4 Å². The van der Waals surface area contributed by atoms with E-state index in [4.69, 9.17) is 14.6 Å². The van der Waals surface area contributed by atoms with E-state index in [1.54, 1.807) is 10.9 Å². The van der Waals surface area contributed by atoms with Crippen molar-refractivity contribution in [3.05, 3.63) is 34.8 Å². The molecule has 2 aliphatic rings. The fraction of sp³-hybridized carbons (Fsp3) is 0.526. The summed E-state index contributed by atoms with van der Waals surface area (Å²) >= 11 is 1.81. The minimum atomic E-state index is -5.08. The average Bonchev–Trinajstić information content (AvgIpc) is 3.37. The van der Waals surface area contributed by atoms with Gasteiger partial charge in [0, 0.05) is 37.8 Å². The third kappa shape index (κ3) is 6.05. The summed E-state index contributed by atoms with van der Waals surface area (Å²) < 4.78 is 39.5. The summed E-state index contributed by atoms with van der Waals surface area (Å²) in [5, 5.41) is 13.4. The Morgan fingerprint density at radius 3 is 2.55 bits per heavy atom. The molecular weight excluding hydrogens is 437 g/mol. The fourth-order valence-corrected chi connectivity index (χ4v) is 4.29. The highest BCUT2D eigenvalue weighted by atomic mass is 32.1. The van der Waals surface area contributed by atoms with Crippen molar-refractivity contribution in [3.8, 4) is 0 Å². The molecule has 0 radical (unpaired) electrons. The topological polar surface area (TPSA) is 87.9 Å². The number of amides is 1. The number of carbonyl (C=O) groups excluding carboxylic acids is 1. The van der Waals surface area contributed by atoms with Crippen LogP contribution in [-0.2, 0) is 27.9 Å². The number of halogens is 3. The monoisotopic (exact) mass is 460 g/mol. The van der Waals surface area contributed by atoms with Crippen LogP contribution < -0.4 is 4.90 Å². The summed E-state index contributed by atoms with van der Waals surface area (Å²) in [4.78, 5) is 26.9. The van der Waals surface area contributed by atoms with E-state index < -0.39 is 12.1 Å². The average molecular weight is 460 g/mol. The molecule has 1 amide bonds. The SMILES string of the molecule is Cn1cc(N2CC3(CCN(Cc4cccs4)CC3)OCC2=O)cn1.O=C(O)C(F)(F)F. The number of carboxylic acid groups (broad SMARTS) is 1. The predicted octanol–water partition coefficient (Wildman–Crippen LogP) is 2.51. The summed E-state index contributed by atoms with van der Waals surface area (Å²) in [6, 6.07) is 4.29. The standard InChI is InChI=1S/C17H22N4O2S.C2HF3O2/c1-19-10-14(9-18-19)21-13-17(23-12-16(21)22)4-6-20(7-5-17)11-15-3-2-8-24-15;3-2(4,5)1(6)7/h2-3,8-10H,4-7,11-13H2,1H3;(H,6,7). The van der Waals surface area contributed by atoms with Crippen molar-refractivity contribution in [1.82, 2.24) is 14.7 Å². The lowest BCUT2D eigenvalue weighted by Gasteiger charge is -2.46. The van der Waals surface area contributed by atoms with Crippen LogP contribution >= 0.6 is 11.3 Å². The maximum Gasteiger partial charge on any atom is 0.490 e. The van der Waals surface area contributed by atoms with Crippen LogP contribution in [0.4, 0.5) is 18.9 Å². The van der Waals surface area contributed by atoms with Gasteiger partial charge in [0.2, 0.25) is 0 Å². The number of hydrogen-bond acceptors (Lipinski definition) is 6. The summed E-state index contributed by atoms with van der Waals surface area (Å²) in [5.41, 5.74) is 0.654. The van der Waals surface area contributed by atoms with Crippen LogP contribution in [0.3, 0.4) is 0 Å². The Kier molecular flexibility index (Phi) is 7.02. The Morgan fingerprint density at radius 1 is 1.35 bits per heavy atom. The van der Waals surface area contributed by atoms with Crippen LogP contribution in [0, 0.1) is 0 Å². The highest BCUT2D eigenvalue weighted by molar-refractivity contribution is 7.09. The first-order chi connectivity index (χ1) is 14.6. The van der Waals surface area contributed by atoms with Gasteiger partial charge in [0.15, 0.2) is 0 Å². The van der Waals surface area contributed by atoms with Gasteiger partial charge >= 0.3 is 12.1 Å². The van der Waals surface area contributed by atoms with Gasteiger partial charge in [-0.05, 0) is 24.3 Å². The van der Waals surface area contributed by atoms with E-state index in [1.165, 1.54) is 4.88 Å². The van der Waals surface area contributed by atoms with Crippen LogP contribution in [0.25, 0.3) is 0 Å². The number of likely N-dealkylation sites (tertiary alicyclic amines) is 1. The summed E-state index contributed by atoms with van der Waals surface area (Å²) in [6.07, 6.45) is 0.483. The number of piperidine rings is 1. The van der Waals surface area contributed by atoms with Crippen molar-refractivity contribution in [2.24, 2.45) is 7.05 Å². The Hall–Kier alpha value is -2.44. The van der Waals surface area contributed by atoms with E-state index in [0.717, 1.165) is 38.2 Å². The number of aromatic nitrogens is 2. The Balaban J connectivity index is 0.000000339. The van der Waals surface area contributed by atoms with Gasteiger partial charge in [-0.15, -0.1) is 11.3 Å². The maximum absolute atomic E-state index is 12.3. The normalized spacial score (nSPS) is 19.2. The van der Waals surface area contributed by atoms with Gasteiger partial charge in [0.25, 0.3) is 5.91 Å². The summed E-state index contributed by atoms with van der Waals surface area (Å²) in [7, 11) is 1.87. The molecule has 2 aromatic rings. The van der Waals surface area contributed by atoms with Crippen LogP contribution in [0.15, 0.2) is 29.9 Å². The Bertz CT molecular complexity index is 892. The van der Waals surface area contributed by atoms with Gasteiger partial charge in [-0.2, -0.15) is 18.3 Å². The summed E-state index contributed by atoms with van der Waals surface area (Å²) in [5.74, 6) is -2.73. The number of carbonyl (C=O) groups is 2. The van der Waals surface area contributed by atoms with Gasteiger partial charge in [0.05, 0.1) is 24.0 Å². The van der Waals surface area contributed by atoms with Crippen LogP contribution in [-0.4, -0.2) is 69.7 Å². The van der Waals surface area contributed by atoms with Crippen molar-refractivity contribution < 1.29 is 32.6 Å². The number of anilines is 1. The number of rotatable bonds is 3. The minimum absolute atomic E-state index is 0.0228. The van der Waals surface area contributed by atoms with Gasteiger partial charge in [-0.1, -0.05) is 6.07 Å². The minimum Gasteiger partial charge on any atom is -0.475 e. The number of aliphatic carboxylic acids is 1. The number of hydrogen-bond donors (Lipinski definition) is 1. The molecule has 1 N–H and O–H groups in total. The Labute approximate surface area is 180 Å². The molecule has 8 nitrogen and oxygen atoms in total. The Morgan fingerprint density at radius 2 is 2.03 bits per heavy atom. The lowest BCUT2D eigenvalue weighted by molar-refractivity contribution is -0.192. The number of alkyl halides is 3. The third-order valence-electron chi connectivity index (χ3n) is 5.22. The van der Waals surface area contributed by atoms with E-state index >= 15 is 0 Å². The van der Waals surface area contributed by atoms with Gasteiger partial charge in [-0.25, -0.2) is 4.79 Å². The molecule has 2 fully saturated rings. The predicted molar refractivity (Wildman–Crippen MR) is 107 cm³/mol. The van der Waals surface area contributed by atoms with E-state index in [0.29, 0.717) is 6.54 Å². The second-order valence-corrected chi connectivity index (χ2v) is 8.51. The molecule has 2 aliphatic heterocycles. The van der Waals surface area contributed by atoms with E-state index in [9.17, 15) is 18.0 Å². The quantitative estimate of drug-likeness (QED) is 0.758. The van der Waals surface area contributed by atoms with Crippen LogP contribution in [0.1, 0.15) is 17.7 Å². The van der Waals surface area contributed by atoms with E-state index in [-0.39, 0.29) is 18.1 Å². The number of thiophene rings is 1. The zero-order valence-electron chi connectivity index (χ0n) is 16.8. The fourth-order valence-electron chi connectivity index (χ4n) is 3.54. The molecule has 170 valence electrons. The molecule has 0 aliphatic carbocycles. The first-order valence-corrected chi connectivity index (χ1v) is 10.4. The molecule has 0 unspecified atom stereocenters.